The standard InChI is InChI=1S/C11H23N3OS/c1-11(2,10(12)16)6-7-14(5)8-9(15)13(3)4/h6-8H2,1-5H3,(H2,12,16). The lowest BCUT2D eigenvalue weighted by atomic mass is 9.89. The molecule has 0 aromatic heterocycles. The molecule has 4 nitrogen and oxygen atoms in total. The summed E-state index contributed by atoms with van der Waals surface area (Å²) in [5, 5.41) is 0. The Kier molecular flexibility index (Phi) is 5.89. The molecule has 16 heavy (non-hydrogen) atoms. The number of rotatable bonds is 6. The zero-order valence-electron chi connectivity index (χ0n) is 10.9. The normalized spacial score (nSPS) is 11.6. The van der Waals surface area contributed by atoms with Crippen molar-refractivity contribution in [3.8, 4) is 0 Å². The summed E-state index contributed by atoms with van der Waals surface area (Å²) >= 11 is 5.00. The summed E-state index contributed by atoms with van der Waals surface area (Å²) in [7, 11) is 5.45. The van der Waals surface area contributed by atoms with Gasteiger partial charge < -0.3 is 10.6 Å². The fourth-order valence-electron chi connectivity index (χ4n) is 1.04. The van der Waals surface area contributed by atoms with Crippen molar-refractivity contribution in [1.29, 1.82) is 0 Å². The molecule has 2 N–H and O–H groups in total. The predicted molar refractivity (Wildman–Crippen MR) is 71.4 cm³/mol. The van der Waals surface area contributed by atoms with Crippen molar-refractivity contribution in [2.45, 2.75) is 20.3 Å². The fourth-order valence-corrected chi connectivity index (χ4v) is 1.15. The van der Waals surface area contributed by atoms with Gasteiger partial charge in [0.25, 0.3) is 0 Å². The molecule has 5 heteroatoms. The average Bonchev–Trinajstić information content (AvgIpc) is 2.14. The van der Waals surface area contributed by atoms with Gasteiger partial charge in [-0.2, -0.15) is 0 Å². The molecule has 0 rings (SSSR count). The maximum Gasteiger partial charge on any atom is 0.236 e. The monoisotopic (exact) mass is 245 g/mol. The van der Waals surface area contributed by atoms with Gasteiger partial charge >= 0.3 is 0 Å². The van der Waals surface area contributed by atoms with Gasteiger partial charge in [-0.15, -0.1) is 0 Å². The average molecular weight is 245 g/mol. The molecule has 0 unspecified atom stereocenters. The third kappa shape index (κ3) is 5.42. The molecule has 0 aliphatic rings. The first-order valence-electron chi connectivity index (χ1n) is 5.35. The summed E-state index contributed by atoms with van der Waals surface area (Å²) in [6.07, 6.45) is 0.861. The molecule has 94 valence electrons. The van der Waals surface area contributed by atoms with E-state index < -0.39 is 0 Å². The highest BCUT2D eigenvalue weighted by Gasteiger charge is 2.22. The molecule has 0 aromatic rings. The molecule has 0 radical (unpaired) electrons. The number of hydrogen-bond acceptors (Lipinski definition) is 3. The predicted octanol–water partition coefficient (Wildman–Crippen LogP) is 0.709. The fraction of sp³-hybridized carbons (Fsp3) is 0.818. The summed E-state index contributed by atoms with van der Waals surface area (Å²) in [5.74, 6) is 0.107. The van der Waals surface area contributed by atoms with Crippen LogP contribution in [0.25, 0.3) is 0 Å². The second-order valence-electron chi connectivity index (χ2n) is 5.02. The van der Waals surface area contributed by atoms with E-state index in [2.05, 4.69) is 0 Å². The van der Waals surface area contributed by atoms with E-state index in [0.29, 0.717) is 11.5 Å². The van der Waals surface area contributed by atoms with Crippen LogP contribution in [-0.4, -0.2) is 54.9 Å². The number of carbonyl (C=O) groups excluding carboxylic acids is 1. The minimum absolute atomic E-state index is 0.107. The molecule has 0 spiro atoms. The van der Waals surface area contributed by atoms with Crippen LogP contribution in [0.4, 0.5) is 0 Å². The molecular weight excluding hydrogens is 222 g/mol. The topological polar surface area (TPSA) is 49.6 Å². The molecular formula is C11H23N3OS. The summed E-state index contributed by atoms with van der Waals surface area (Å²) in [6, 6.07) is 0. The maximum atomic E-state index is 11.4. The second kappa shape index (κ2) is 6.15. The van der Waals surface area contributed by atoms with Crippen LogP contribution in [-0.2, 0) is 4.79 Å². The van der Waals surface area contributed by atoms with Crippen LogP contribution in [0.15, 0.2) is 0 Å². The molecule has 0 heterocycles. The van der Waals surface area contributed by atoms with E-state index in [1.54, 1.807) is 19.0 Å². The Labute approximate surface area is 104 Å². The van der Waals surface area contributed by atoms with E-state index in [4.69, 9.17) is 18.0 Å². The Morgan fingerprint density at radius 3 is 2.19 bits per heavy atom. The Morgan fingerprint density at radius 2 is 1.81 bits per heavy atom. The van der Waals surface area contributed by atoms with Gasteiger partial charge in [-0.3, -0.25) is 9.69 Å². The van der Waals surface area contributed by atoms with Crippen molar-refractivity contribution in [2.75, 3.05) is 34.2 Å². The molecule has 0 atom stereocenters. The highest BCUT2D eigenvalue weighted by atomic mass is 32.1. The third-order valence-electron chi connectivity index (χ3n) is 2.69. The van der Waals surface area contributed by atoms with Crippen LogP contribution in [0.2, 0.25) is 0 Å². The van der Waals surface area contributed by atoms with Gasteiger partial charge in [-0.25, -0.2) is 0 Å². The molecule has 0 aliphatic heterocycles. The number of nitrogens with zero attached hydrogens (tertiary/aromatic N) is 2. The van der Waals surface area contributed by atoms with Crippen molar-refractivity contribution in [1.82, 2.24) is 9.80 Å². The molecule has 0 fully saturated rings. The van der Waals surface area contributed by atoms with E-state index in [9.17, 15) is 4.79 Å². The van der Waals surface area contributed by atoms with Gasteiger partial charge in [0.1, 0.15) is 0 Å². The van der Waals surface area contributed by atoms with Crippen LogP contribution in [0.3, 0.4) is 0 Å². The van der Waals surface area contributed by atoms with Crippen molar-refractivity contribution < 1.29 is 4.79 Å². The van der Waals surface area contributed by atoms with E-state index in [-0.39, 0.29) is 11.3 Å². The molecule has 0 aromatic carbocycles. The zero-order chi connectivity index (χ0) is 12.9. The lowest BCUT2D eigenvalue weighted by Gasteiger charge is -2.26. The quantitative estimate of drug-likeness (QED) is 0.700. The number of hydrogen-bond donors (Lipinski definition) is 1. The maximum absolute atomic E-state index is 11.4. The number of likely N-dealkylation sites (N-methyl/N-ethyl adjacent to an activating group) is 2. The Bertz CT molecular complexity index is 264. The summed E-state index contributed by atoms with van der Waals surface area (Å²) in [5.41, 5.74) is 5.50. The first-order valence-corrected chi connectivity index (χ1v) is 5.76. The van der Waals surface area contributed by atoms with Gasteiger partial charge in [-0.05, 0) is 20.0 Å². The Morgan fingerprint density at radius 1 is 1.31 bits per heavy atom. The van der Waals surface area contributed by atoms with Crippen molar-refractivity contribution in [3.05, 3.63) is 0 Å². The molecule has 0 saturated carbocycles. The first-order chi connectivity index (χ1) is 7.16. The number of amides is 1. The smallest absolute Gasteiger partial charge is 0.236 e. The number of carbonyl (C=O) groups is 1. The van der Waals surface area contributed by atoms with Crippen LogP contribution in [0, 0.1) is 5.41 Å². The van der Waals surface area contributed by atoms with Gasteiger partial charge in [0.15, 0.2) is 0 Å². The van der Waals surface area contributed by atoms with Crippen LogP contribution in [0.5, 0.6) is 0 Å². The summed E-state index contributed by atoms with van der Waals surface area (Å²) in [6.45, 7) is 5.29. The SMILES string of the molecule is CN(CCC(C)(C)C(N)=S)CC(=O)N(C)C. The molecule has 0 aliphatic carbocycles. The zero-order valence-corrected chi connectivity index (χ0v) is 11.7. The van der Waals surface area contributed by atoms with Gasteiger partial charge in [0.05, 0.1) is 11.5 Å². The Hall–Kier alpha value is -0.680. The summed E-state index contributed by atoms with van der Waals surface area (Å²) < 4.78 is 0. The van der Waals surface area contributed by atoms with E-state index in [1.165, 1.54) is 0 Å². The minimum atomic E-state index is -0.148. The van der Waals surface area contributed by atoms with E-state index >= 15 is 0 Å². The second-order valence-corrected chi connectivity index (χ2v) is 5.46. The van der Waals surface area contributed by atoms with Crippen LogP contribution < -0.4 is 5.73 Å². The minimum Gasteiger partial charge on any atom is -0.393 e. The molecule has 0 bridgehead atoms. The van der Waals surface area contributed by atoms with Gasteiger partial charge in [0, 0.05) is 19.5 Å². The van der Waals surface area contributed by atoms with Gasteiger partial charge in [0.2, 0.25) is 5.91 Å². The number of nitrogens with two attached hydrogens (primary N) is 1. The van der Waals surface area contributed by atoms with E-state index in [0.717, 1.165) is 13.0 Å². The van der Waals surface area contributed by atoms with Crippen LogP contribution in [0.1, 0.15) is 20.3 Å². The molecule has 0 saturated heterocycles. The van der Waals surface area contributed by atoms with Crippen LogP contribution >= 0.6 is 12.2 Å². The largest absolute Gasteiger partial charge is 0.393 e. The van der Waals surface area contributed by atoms with Crippen molar-refractivity contribution in [3.63, 3.8) is 0 Å². The lowest BCUT2D eigenvalue weighted by Crippen LogP contribution is -2.38. The Balaban J connectivity index is 4.04. The van der Waals surface area contributed by atoms with E-state index in [1.807, 2.05) is 25.8 Å². The van der Waals surface area contributed by atoms with Gasteiger partial charge in [-0.1, -0.05) is 26.1 Å². The first kappa shape index (κ1) is 15.3. The highest BCUT2D eigenvalue weighted by molar-refractivity contribution is 7.80. The lowest BCUT2D eigenvalue weighted by molar-refractivity contribution is -0.129. The number of thiocarbonyl (C=S) groups is 1. The van der Waals surface area contributed by atoms with Crippen molar-refractivity contribution in [2.24, 2.45) is 11.1 Å². The highest BCUT2D eigenvalue weighted by Crippen LogP contribution is 2.20. The molecule has 1 amide bonds. The summed E-state index contributed by atoms with van der Waals surface area (Å²) in [4.78, 5) is 15.6. The third-order valence-corrected chi connectivity index (χ3v) is 3.24. The van der Waals surface area contributed by atoms with Crippen molar-refractivity contribution >= 4 is 23.1 Å².